The zero-order valence-corrected chi connectivity index (χ0v) is 17.2. The van der Waals surface area contributed by atoms with Gasteiger partial charge in [-0.25, -0.2) is 0 Å². The van der Waals surface area contributed by atoms with Gasteiger partial charge in [-0.05, 0) is 61.7 Å². The van der Waals surface area contributed by atoms with Crippen molar-refractivity contribution < 1.29 is 24.2 Å². The normalized spacial score (nSPS) is 18.0. The van der Waals surface area contributed by atoms with Crippen LogP contribution >= 0.6 is 11.8 Å². The van der Waals surface area contributed by atoms with Crippen LogP contribution in [0.25, 0.3) is 6.08 Å². The average Bonchev–Trinajstić information content (AvgIpc) is 3.31. The molecule has 1 N–H and O–H groups in total. The Bertz CT molecular complexity index is 874. The second-order valence-corrected chi connectivity index (χ2v) is 7.80. The highest BCUT2D eigenvalue weighted by Gasteiger charge is 2.37. The maximum absolute atomic E-state index is 12.7. The first kappa shape index (κ1) is 21.0. The summed E-state index contributed by atoms with van der Waals surface area (Å²) in [7, 11) is 0. The van der Waals surface area contributed by atoms with E-state index < -0.39 is 11.1 Å². The lowest BCUT2D eigenvalue weighted by Crippen LogP contribution is -2.40. The molecule has 2 heterocycles. The number of nitrogens with zero attached hydrogens (tertiary/aromatic N) is 2. The second kappa shape index (κ2) is 9.17. The van der Waals surface area contributed by atoms with Crippen LogP contribution in [0.15, 0.2) is 29.7 Å². The summed E-state index contributed by atoms with van der Waals surface area (Å²) in [5.74, 6) is -0.346. The van der Waals surface area contributed by atoms with E-state index in [1.165, 1.54) is 0 Å². The fourth-order valence-corrected chi connectivity index (χ4v) is 4.18. The molecule has 3 rings (SSSR count). The maximum atomic E-state index is 12.7. The molecule has 0 radical (unpaired) electrons. The minimum absolute atomic E-state index is 0.0354. The summed E-state index contributed by atoms with van der Waals surface area (Å²) in [5, 5.41) is 9.85. The van der Waals surface area contributed by atoms with Crippen LogP contribution in [0.3, 0.4) is 0 Å². The largest absolute Gasteiger partial charge is 0.504 e. The third-order valence-corrected chi connectivity index (χ3v) is 5.67. The summed E-state index contributed by atoms with van der Waals surface area (Å²) < 4.78 is 5.47. The quantitative estimate of drug-likeness (QED) is 0.543. The molecule has 0 bridgehead atoms. The summed E-state index contributed by atoms with van der Waals surface area (Å²) in [6.07, 6.45) is 5.57. The van der Waals surface area contributed by atoms with Gasteiger partial charge in [-0.2, -0.15) is 0 Å². The molecule has 3 amide bonds. The molecule has 2 fully saturated rings. The van der Waals surface area contributed by atoms with Crippen molar-refractivity contribution in [1.29, 1.82) is 0 Å². The number of hydrogen-bond donors (Lipinski definition) is 1. The molecular formula is C21H24N2O5S. The zero-order chi connectivity index (χ0) is 21.0. The van der Waals surface area contributed by atoms with Crippen LogP contribution in [0.5, 0.6) is 11.5 Å². The van der Waals surface area contributed by atoms with Crippen LogP contribution in [0, 0.1) is 0 Å². The highest BCUT2D eigenvalue weighted by atomic mass is 32.2. The molecule has 0 aliphatic carbocycles. The fraction of sp³-hybridized carbons (Fsp3) is 0.381. The van der Waals surface area contributed by atoms with E-state index in [-0.39, 0.29) is 23.1 Å². The SMILES string of the molecule is C=CCc1cc(/C=C2/SC(=O)N(CC(=O)N3CCCC3)C2=O)cc(OCC)c1O. The molecule has 1 aromatic carbocycles. The smallest absolute Gasteiger partial charge is 0.294 e. The van der Waals surface area contributed by atoms with E-state index in [2.05, 4.69) is 6.58 Å². The molecular weight excluding hydrogens is 392 g/mol. The number of aromatic hydroxyl groups is 1. The van der Waals surface area contributed by atoms with Gasteiger partial charge in [0, 0.05) is 18.7 Å². The van der Waals surface area contributed by atoms with Crippen molar-refractivity contribution >= 4 is 34.9 Å². The van der Waals surface area contributed by atoms with Gasteiger partial charge in [-0.1, -0.05) is 6.08 Å². The lowest BCUT2D eigenvalue weighted by Gasteiger charge is -2.18. The highest BCUT2D eigenvalue weighted by molar-refractivity contribution is 8.18. The number of hydrogen-bond acceptors (Lipinski definition) is 6. The van der Waals surface area contributed by atoms with E-state index in [0.29, 0.717) is 43.0 Å². The first-order valence-electron chi connectivity index (χ1n) is 9.57. The van der Waals surface area contributed by atoms with Gasteiger partial charge in [0.1, 0.15) is 6.54 Å². The second-order valence-electron chi connectivity index (χ2n) is 6.81. The molecule has 2 aliphatic rings. The van der Waals surface area contributed by atoms with Crippen LogP contribution < -0.4 is 4.74 Å². The monoisotopic (exact) mass is 416 g/mol. The Morgan fingerprint density at radius 3 is 2.69 bits per heavy atom. The molecule has 2 aliphatic heterocycles. The van der Waals surface area contributed by atoms with E-state index in [4.69, 9.17) is 4.74 Å². The van der Waals surface area contributed by atoms with Crippen LogP contribution in [-0.2, 0) is 16.0 Å². The Kier molecular flexibility index (Phi) is 6.64. The van der Waals surface area contributed by atoms with Crippen molar-refractivity contribution in [3.8, 4) is 11.5 Å². The first-order chi connectivity index (χ1) is 13.9. The first-order valence-corrected chi connectivity index (χ1v) is 10.4. The van der Waals surface area contributed by atoms with E-state index >= 15 is 0 Å². The molecule has 2 saturated heterocycles. The zero-order valence-electron chi connectivity index (χ0n) is 16.3. The van der Waals surface area contributed by atoms with Crippen molar-refractivity contribution in [2.24, 2.45) is 0 Å². The predicted octanol–water partition coefficient (Wildman–Crippen LogP) is 3.18. The van der Waals surface area contributed by atoms with Crippen LogP contribution in [-0.4, -0.2) is 58.2 Å². The number of thioether (sulfide) groups is 1. The summed E-state index contributed by atoms with van der Waals surface area (Å²) >= 11 is 0.808. The summed E-state index contributed by atoms with van der Waals surface area (Å²) in [4.78, 5) is 40.3. The van der Waals surface area contributed by atoms with Crippen molar-refractivity contribution in [3.05, 3.63) is 40.8 Å². The van der Waals surface area contributed by atoms with E-state index in [1.54, 1.807) is 29.2 Å². The van der Waals surface area contributed by atoms with Crippen LogP contribution in [0.2, 0.25) is 0 Å². The van der Waals surface area contributed by atoms with E-state index in [9.17, 15) is 19.5 Å². The molecule has 0 spiro atoms. The lowest BCUT2D eigenvalue weighted by atomic mass is 10.1. The number of ether oxygens (including phenoxy) is 1. The number of imide groups is 1. The van der Waals surface area contributed by atoms with Crippen molar-refractivity contribution in [3.63, 3.8) is 0 Å². The molecule has 1 aromatic rings. The summed E-state index contributed by atoms with van der Waals surface area (Å²) in [6, 6.07) is 3.34. The summed E-state index contributed by atoms with van der Waals surface area (Å²) in [5.41, 5.74) is 1.24. The van der Waals surface area contributed by atoms with Gasteiger partial charge < -0.3 is 14.7 Å². The topological polar surface area (TPSA) is 87.2 Å². The average molecular weight is 416 g/mol. The number of carbonyl (C=O) groups excluding carboxylic acids is 3. The van der Waals surface area contributed by atoms with Gasteiger partial charge in [0.25, 0.3) is 11.1 Å². The van der Waals surface area contributed by atoms with Gasteiger partial charge in [-0.15, -0.1) is 6.58 Å². The van der Waals surface area contributed by atoms with Crippen molar-refractivity contribution in [2.75, 3.05) is 26.2 Å². The number of rotatable bonds is 7. The van der Waals surface area contributed by atoms with Crippen molar-refractivity contribution in [2.45, 2.75) is 26.2 Å². The molecule has 0 aromatic heterocycles. The molecule has 7 nitrogen and oxygen atoms in total. The number of likely N-dealkylation sites (tertiary alicyclic amines) is 1. The highest BCUT2D eigenvalue weighted by Crippen LogP contribution is 2.36. The number of benzene rings is 1. The standard InChI is InChI=1S/C21H24N2O5S/c1-3-7-15-10-14(11-16(19(15)25)28-4-2)12-17-20(26)23(21(27)29-17)13-18(24)22-8-5-6-9-22/h3,10-12,25H,1,4-9,13H2,2H3/b17-12+. The predicted molar refractivity (Wildman–Crippen MR) is 112 cm³/mol. The van der Waals surface area contributed by atoms with Gasteiger partial charge in [-0.3, -0.25) is 19.3 Å². The summed E-state index contributed by atoms with van der Waals surface area (Å²) in [6.45, 7) is 6.98. The minimum Gasteiger partial charge on any atom is -0.504 e. The third kappa shape index (κ3) is 4.64. The lowest BCUT2D eigenvalue weighted by molar-refractivity contribution is -0.135. The van der Waals surface area contributed by atoms with Gasteiger partial charge in [0.05, 0.1) is 11.5 Å². The van der Waals surface area contributed by atoms with Crippen LogP contribution in [0.1, 0.15) is 30.9 Å². The number of amides is 3. The van der Waals surface area contributed by atoms with Gasteiger partial charge in [0.2, 0.25) is 5.91 Å². The third-order valence-electron chi connectivity index (χ3n) is 4.76. The number of phenolic OH excluding ortho intramolecular Hbond substituents is 1. The maximum Gasteiger partial charge on any atom is 0.294 e. The minimum atomic E-state index is -0.483. The molecule has 29 heavy (non-hydrogen) atoms. The fourth-order valence-electron chi connectivity index (χ4n) is 3.34. The molecule has 0 unspecified atom stereocenters. The number of carbonyl (C=O) groups is 3. The van der Waals surface area contributed by atoms with Gasteiger partial charge in [0.15, 0.2) is 11.5 Å². The Morgan fingerprint density at radius 1 is 1.31 bits per heavy atom. The van der Waals surface area contributed by atoms with Gasteiger partial charge >= 0.3 is 0 Å². The molecule has 0 saturated carbocycles. The van der Waals surface area contributed by atoms with Crippen molar-refractivity contribution in [1.82, 2.24) is 9.80 Å². The Balaban J connectivity index is 1.83. The molecule has 154 valence electrons. The van der Waals surface area contributed by atoms with E-state index in [0.717, 1.165) is 29.5 Å². The number of allylic oxidation sites excluding steroid dienone is 1. The van der Waals surface area contributed by atoms with E-state index in [1.807, 2.05) is 6.92 Å². The van der Waals surface area contributed by atoms with Crippen LogP contribution in [0.4, 0.5) is 4.79 Å². The Morgan fingerprint density at radius 2 is 2.03 bits per heavy atom. The number of phenols is 1. The molecule has 8 heteroatoms. The Hall–Kier alpha value is -2.74. The molecule has 0 atom stereocenters. The Labute approximate surface area is 174 Å².